The maximum Gasteiger partial charge on any atom is 0.194 e. The summed E-state index contributed by atoms with van der Waals surface area (Å²) in [6.07, 6.45) is 2.07. The number of hydrogen-bond acceptors (Lipinski definition) is 3. The highest BCUT2D eigenvalue weighted by atomic mass is 32.1. The van der Waals surface area contributed by atoms with Gasteiger partial charge in [-0.1, -0.05) is 17.4 Å². The Kier molecular flexibility index (Phi) is 2.09. The number of hydrogen-bond donors (Lipinski definition) is 1. The van der Waals surface area contributed by atoms with Crippen molar-refractivity contribution in [1.29, 1.82) is 0 Å². The van der Waals surface area contributed by atoms with Gasteiger partial charge in [0.1, 0.15) is 0 Å². The van der Waals surface area contributed by atoms with Crippen molar-refractivity contribution in [2.45, 2.75) is 26.3 Å². The predicted octanol–water partition coefficient (Wildman–Crippen LogP) is 3.05. The molecule has 0 unspecified atom stereocenters. The maximum absolute atomic E-state index is 6.12. The van der Waals surface area contributed by atoms with Crippen LogP contribution in [0.1, 0.15) is 25.1 Å². The van der Waals surface area contributed by atoms with Gasteiger partial charge < -0.3 is 5.73 Å². The first-order valence-corrected chi connectivity index (χ1v) is 6.44. The summed E-state index contributed by atoms with van der Waals surface area (Å²) in [5, 5.41) is 0. The molecule has 3 aromatic rings. The molecule has 2 heterocycles. The Morgan fingerprint density at radius 3 is 2.82 bits per heavy atom. The van der Waals surface area contributed by atoms with Gasteiger partial charge in [0.15, 0.2) is 4.96 Å². The van der Waals surface area contributed by atoms with Crippen LogP contribution in [0.15, 0.2) is 24.4 Å². The molecule has 0 fully saturated rings. The molecule has 4 heteroatoms. The standard InChI is InChI=1S/C13H15N3S/c1-8-7-16-10-5-4-9(13(2,3)14)6-11(10)17-12(16)15-8/h4-7H,14H2,1-3H3. The largest absolute Gasteiger partial charge is 0.322 e. The van der Waals surface area contributed by atoms with Gasteiger partial charge in [-0.15, -0.1) is 0 Å². The van der Waals surface area contributed by atoms with E-state index in [1.807, 2.05) is 20.8 Å². The van der Waals surface area contributed by atoms with E-state index < -0.39 is 0 Å². The van der Waals surface area contributed by atoms with Crippen molar-refractivity contribution >= 4 is 26.5 Å². The van der Waals surface area contributed by atoms with Crippen LogP contribution in [0.4, 0.5) is 0 Å². The van der Waals surface area contributed by atoms with Crippen molar-refractivity contribution in [2.75, 3.05) is 0 Å². The number of aromatic nitrogens is 2. The van der Waals surface area contributed by atoms with Gasteiger partial charge in [0, 0.05) is 11.7 Å². The predicted molar refractivity (Wildman–Crippen MR) is 72.5 cm³/mol. The van der Waals surface area contributed by atoms with Crippen LogP contribution in [0.25, 0.3) is 15.2 Å². The molecule has 0 amide bonds. The first-order chi connectivity index (χ1) is 7.95. The minimum Gasteiger partial charge on any atom is -0.322 e. The van der Waals surface area contributed by atoms with Gasteiger partial charge in [-0.25, -0.2) is 4.98 Å². The third-order valence-electron chi connectivity index (χ3n) is 2.96. The second-order valence-electron chi connectivity index (χ2n) is 5.04. The highest BCUT2D eigenvalue weighted by molar-refractivity contribution is 7.23. The molecule has 3 rings (SSSR count). The third kappa shape index (κ3) is 1.64. The van der Waals surface area contributed by atoms with E-state index in [4.69, 9.17) is 5.73 Å². The van der Waals surface area contributed by atoms with Gasteiger partial charge in [0.05, 0.1) is 15.9 Å². The van der Waals surface area contributed by atoms with Gasteiger partial charge in [0.2, 0.25) is 0 Å². The lowest BCUT2D eigenvalue weighted by Gasteiger charge is -2.18. The Morgan fingerprint density at radius 2 is 2.12 bits per heavy atom. The summed E-state index contributed by atoms with van der Waals surface area (Å²) in [6.45, 7) is 6.07. The topological polar surface area (TPSA) is 43.3 Å². The second kappa shape index (κ2) is 3.31. The summed E-state index contributed by atoms with van der Waals surface area (Å²) in [5.41, 5.74) is 9.25. The molecule has 0 radical (unpaired) electrons. The molecule has 2 aromatic heterocycles. The van der Waals surface area contributed by atoms with Gasteiger partial charge in [-0.05, 0) is 38.5 Å². The summed E-state index contributed by atoms with van der Waals surface area (Å²) in [7, 11) is 0. The van der Waals surface area contributed by atoms with E-state index in [0.29, 0.717) is 0 Å². The van der Waals surface area contributed by atoms with Crippen molar-refractivity contribution in [3.63, 3.8) is 0 Å². The lowest BCUT2D eigenvalue weighted by Crippen LogP contribution is -2.28. The second-order valence-corrected chi connectivity index (χ2v) is 6.05. The highest BCUT2D eigenvalue weighted by Gasteiger charge is 2.16. The Balaban J connectivity index is 2.31. The molecular formula is C13H15N3S. The quantitative estimate of drug-likeness (QED) is 0.716. The van der Waals surface area contributed by atoms with E-state index in [1.54, 1.807) is 11.3 Å². The van der Waals surface area contributed by atoms with Crippen LogP contribution < -0.4 is 5.73 Å². The molecule has 0 aliphatic heterocycles. The van der Waals surface area contributed by atoms with Crippen LogP contribution in [-0.4, -0.2) is 9.38 Å². The number of nitrogens with two attached hydrogens (primary N) is 1. The van der Waals surface area contributed by atoms with Gasteiger partial charge >= 0.3 is 0 Å². The highest BCUT2D eigenvalue weighted by Crippen LogP contribution is 2.29. The van der Waals surface area contributed by atoms with Crippen LogP contribution in [0.5, 0.6) is 0 Å². The molecule has 0 atom stereocenters. The zero-order valence-corrected chi connectivity index (χ0v) is 11.0. The maximum atomic E-state index is 6.12. The molecule has 0 saturated carbocycles. The summed E-state index contributed by atoms with van der Waals surface area (Å²) < 4.78 is 3.38. The molecule has 0 aliphatic rings. The smallest absolute Gasteiger partial charge is 0.194 e. The van der Waals surface area contributed by atoms with Crippen molar-refractivity contribution in [3.8, 4) is 0 Å². The average Bonchev–Trinajstić information content (AvgIpc) is 2.71. The van der Waals surface area contributed by atoms with E-state index in [0.717, 1.165) is 16.2 Å². The SMILES string of the molecule is Cc1cn2c(n1)sc1cc(C(C)(C)N)ccc12. The summed E-state index contributed by atoms with van der Waals surface area (Å²) >= 11 is 1.71. The number of nitrogens with zero attached hydrogens (tertiary/aromatic N) is 2. The Bertz CT molecular complexity index is 700. The fraction of sp³-hybridized carbons (Fsp3) is 0.308. The van der Waals surface area contributed by atoms with E-state index >= 15 is 0 Å². The van der Waals surface area contributed by atoms with Crippen molar-refractivity contribution in [3.05, 3.63) is 35.7 Å². The molecule has 17 heavy (non-hydrogen) atoms. The molecule has 0 saturated heterocycles. The number of fused-ring (bicyclic) bond motifs is 3. The molecule has 0 aliphatic carbocycles. The normalized spacial score (nSPS) is 12.7. The Labute approximate surface area is 104 Å². The summed E-state index contributed by atoms with van der Waals surface area (Å²) in [5.74, 6) is 0. The third-order valence-corrected chi connectivity index (χ3v) is 3.98. The molecule has 0 bridgehead atoms. The molecule has 3 nitrogen and oxygen atoms in total. The van der Waals surface area contributed by atoms with Gasteiger partial charge in [-0.3, -0.25) is 4.40 Å². The van der Waals surface area contributed by atoms with Crippen LogP contribution in [0.3, 0.4) is 0 Å². The van der Waals surface area contributed by atoms with Crippen LogP contribution >= 0.6 is 11.3 Å². The van der Waals surface area contributed by atoms with Crippen LogP contribution in [0, 0.1) is 6.92 Å². The number of imidazole rings is 1. The van der Waals surface area contributed by atoms with E-state index in [1.165, 1.54) is 10.2 Å². The minimum absolute atomic E-state index is 0.295. The van der Waals surface area contributed by atoms with Crippen molar-refractivity contribution < 1.29 is 0 Å². The lowest BCUT2D eigenvalue weighted by molar-refractivity contribution is 0.555. The monoisotopic (exact) mass is 245 g/mol. The van der Waals surface area contributed by atoms with Crippen molar-refractivity contribution in [1.82, 2.24) is 9.38 Å². The average molecular weight is 245 g/mol. The molecule has 2 N–H and O–H groups in total. The van der Waals surface area contributed by atoms with E-state index in [9.17, 15) is 0 Å². The van der Waals surface area contributed by atoms with Gasteiger partial charge in [0.25, 0.3) is 0 Å². The number of thiazole rings is 1. The van der Waals surface area contributed by atoms with E-state index in [-0.39, 0.29) is 5.54 Å². The first kappa shape index (κ1) is 10.7. The minimum atomic E-state index is -0.295. The number of rotatable bonds is 1. The zero-order chi connectivity index (χ0) is 12.2. The molecule has 88 valence electrons. The first-order valence-electron chi connectivity index (χ1n) is 5.63. The fourth-order valence-electron chi connectivity index (χ4n) is 2.01. The van der Waals surface area contributed by atoms with Crippen LogP contribution in [0.2, 0.25) is 0 Å². The van der Waals surface area contributed by atoms with E-state index in [2.05, 4.69) is 33.8 Å². The Hall–Kier alpha value is -1.39. The zero-order valence-electron chi connectivity index (χ0n) is 10.2. The molecule has 0 spiro atoms. The molecule has 1 aromatic carbocycles. The summed E-state index contributed by atoms with van der Waals surface area (Å²) in [4.78, 5) is 5.54. The number of aryl methyl sites for hydroxylation is 1. The van der Waals surface area contributed by atoms with Gasteiger partial charge in [-0.2, -0.15) is 0 Å². The summed E-state index contributed by atoms with van der Waals surface area (Å²) in [6, 6.07) is 6.40. The Morgan fingerprint density at radius 1 is 1.35 bits per heavy atom. The number of benzene rings is 1. The molecular weight excluding hydrogens is 230 g/mol. The fourth-order valence-corrected chi connectivity index (χ4v) is 3.11. The lowest BCUT2D eigenvalue weighted by atomic mass is 9.96. The van der Waals surface area contributed by atoms with Crippen molar-refractivity contribution in [2.24, 2.45) is 5.73 Å². The van der Waals surface area contributed by atoms with Crippen LogP contribution in [-0.2, 0) is 5.54 Å².